The van der Waals surface area contributed by atoms with Crippen LogP contribution in [-0.4, -0.2) is 62.2 Å². The zero-order valence-corrected chi connectivity index (χ0v) is 12.3. The molecule has 0 bridgehead atoms. The average Bonchev–Trinajstić information content (AvgIpc) is 2.41. The number of nitrogens with two attached hydrogens (primary N) is 1. The number of hydrogen-bond acceptors (Lipinski definition) is 7. The highest BCUT2D eigenvalue weighted by Gasteiger charge is 2.20. The van der Waals surface area contributed by atoms with Crippen molar-refractivity contribution in [3.8, 4) is 11.8 Å². The first-order valence-corrected chi connectivity index (χ1v) is 6.18. The number of rotatable bonds is 8. The molecule has 3 N–H and O–H groups in total. The highest BCUT2D eigenvalue weighted by atomic mass is 16.5. The van der Waals surface area contributed by atoms with Crippen molar-refractivity contribution >= 4 is 11.9 Å². The number of primary amides is 1. The second-order valence-corrected chi connectivity index (χ2v) is 4.39. The molecule has 0 radical (unpaired) electrons. The summed E-state index contributed by atoms with van der Waals surface area (Å²) >= 11 is 0. The van der Waals surface area contributed by atoms with Crippen LogP contribution in [0.5, 0.6) is 11.8 Å². The second-order valence-electron chi connectivity index (χ2n) is 4.39. The Labute approximate surface area is 118 Å². The van der Waals surface area contributed by atoms with E-state index in [1.54, 1.807) is 0 Å². The minimum absolute atomic E-state index is 0.0360. The highest BCUT2D eigenvalue weighted by molar-refractivity contribution is 5.97. The summed E-state index contributed by atoms with van der Waals surface area (Å²) in [5.41, 5.74) is 5.30. The molecule has 0 saturated heterocycles. The van der Waals surface area contributed by atoms with Crippen molar-refractivity contribution in [2.75, 3.05) is 46.7 Å². The van der Waals surface area contributed by atoms with Gasteiger partial charge in [-0.3, -0.25) is 4.79 Å². The number of nitrogens with one attached hydrogen (secondary N) is 1. The summed E-state index contributed by atoms with van der Waals surface area (Å²) < 4.78 is 10.1. The lowest BCUT2D eigenvalue weighted by Crippen LogP contribution is -2.19. The predicted molar refractivity (Wildman–Crippen MR) is 75.3 cm³/mol. The van der Waals surface area contributed by atoms with Crippen LogP contribution >= 0.6 is 0 Å². The number of carbonyl (C=O) groups excluding carboxylic acids is 1. The standard InChI is InChI=1S/C12H21N5O3/c1-17(2)7-5-6-14-12-15-10(19-3)8(9(13)18)11(16-12)20-4/h5-7H2,1-4H3,(H2,13,18)(H,14,15,16). The molecule has 0 aromatic carbocycles. The summed E-state index contributed by atoms with van der Waals surface area (Å²) in [4.78, 5) is 21.6. The van der Waals surface area contributed by atoms with Crippen molar-refractivity contribution in [3.05, 3.63) is 5.56 Å². The van der Waals surface area contributed by atoms with Gasteiger partial charge in [-0.15, -0.1) is 0 Å². The molecule has 0 aliphatic rings. The van der Waals surface area contributed by atoms with Crippen LogP contribution in [0.4, 0.5) is 5.95 Å². The average molecular weight is 283 g/mol. The first-order chi connectivity index (χ1) is 9.49. The number of anilines is 1. The molecule has 0 aliphatic carbocycles. The first kappa shape index (κ1) is 16.0. The van der Waals surface area contributed by atoms with Gasteiger partial charge in [0.1, 0.15) is 0 Å². The Balaban J connectivity index is 2.85. The Morgan fingerprint density at radius 1 is 1.25 bits per heavy atom. The van der Waals surface area contributed by atoms with E-state index >= 15 is 0 Å². The van der Waals surface area contributed by atoms with Crippen LogP contribution in [-0.2, 0) is 0 Å². The molecule has 1 amide bonds. The summed E-state index contributed by atoms with van der Waals surface area (Å²) in [6, 6.07) is 0. The van der Waals surface area contributed by atoms with Gasteiger partial charge in [-0.25, -0.2) is 0 Å². The molecule has 0 saturated carbocycles. The molecule has 0 spiro atoms. The number of methoxy groups -OCH3 is 2. The number of hydrogen-bond donors (Lipinski definition) is 2. The number of amides is 1. The van der Waals surface area contributed by atoms with Gasteiger partial charge in [-0.2, -0.15) is 9.97 Å². The summed E-state index contributed by atoms with van der Waals surface area (Å²) in [6.07, 6.45) is 0.929. The zero-order chi connectivity index (χ0) is 15.1. The van der Waals surface area contributed by atoms with Crippen LogP contribution in [0.2, 0.25) is 0 Å². The van der Waals surface area contributed by atoms with Gasteiger partial charge >= 0.3 is 0 Å². The second kappa shape index (κ2) is 7.49. The smallest absolute Gasteiger partial charge is 0.259 e. The molecule has 1 rings (SSSR count). The highest BCUT2D eigenvalue weighted by Crippen LogP contribution is 2.25. The van der Waals surface area contributed by atoms with Crippen molar-refractivity contribution in [1.82, 2.24) is 14.9 Å². The van der Waals surface area contributed by atoms with Crippen molar-refractivity contribution < 1.29 is 14.3 Å². The van der Waals surface area contributed by atoms with E-state index in [4.69, 9.17) is 15.2 Å². The zero-order valence-electron chi connectivity index (χ0n) is 12.3. The predicted octanol–water partition coefficient (Wildman–Crippen LogP) is -0.0437. The fraction of sp³-hybridized carbons (Fsp3) is 0.583. The Morgan fingerprint density at radius 3 is 2.20 bits per heavy atom. The fourth-order valence-electron chi connectivity index (χ4n) is 1.60. The van der Waals surface area contributed by atoms with Crippen LogP contribution in [0.25, 0.3) is 0 Å². The van der Waals surface area contributed by atoms with Gasteiger partial charge in [-0.05, 0) is 27.1 Å². The summed E-state index contributed by atoms with van der Waals surface area (Å²) in [5, 5.41) is 3.05. The lowest BCUT2D eigenvalue weighted by Gasteiger charge is -2.13. The Kier molecular flexibility index (Phi) is 5.98. The number of aromatic nitrogens is 2. The molecule has 8 nitrogen and oxygen atoms in total. The Bertz CT molecular complexity index is 439. The summed E-state index contributed by atoms with van der Waals surface area (Å²) in [7, 11) is 6.82. The first-order valence-electron chi connectivity index (χ1n) is 6.18. The third kappa shape index (κ3) is 4.23. The monoisotopic (exact) mass is 283 g/mol. The number of ether oxygens (including phenoxy) is 2. The van der Waals surface area contributed by atoms with Crippen molar-refractivity contribution in [3.63, 3.8) is 0 Å². The van der Waals surface area contributed by atoms with Gasteiger partial charge < -0.3 is 25.4 Å². The maximum absolute atomic E-state index is 11.4. The third-order valence-electron chi connectivity index (χ3n) is 2.54. The lowest BCUT2D eigenvalue weighted by atomic mass is 10.3. The maximum Gasteiger partial charge on any atom is 0.259 e. The van der Waals surface area contributed by atoms with E-state index in [-0.39, 0.29) is 17.3 Å². The van der Waals surface area contributed by atoms with Gasteiger partial charge in [0.25, 0.3) is 5.91 Å². The van der Waals surface area contributed by atoms with E-state index in [0.29, 0.717) is 12.5 Å². The SMILES string of the molecule is COc1nc(NCCCN(C)C)nc(OC)c1C(N)=O. The minimum Gasteiger partial charge on any atom is -0.480 e. The molecular weight excluding hydrogens is 262 g/mol. The van der Waals surface area contributed by atoms with Gasteiger partial charge in [-0.1, -0.05) is 0 Å². The molecule has 0 unspecified atom stereocenters. The van der Waals surface area contributed by atoms with Gasteiger partial charge in [0, 0.05) is 6.54 Å². The van der Waals surface area contributed by atoms with Crippen LogP contribution < -0.4 is 20.5 Å². The number of nitrogens with zero attached hydrogens (tertiary/aromatic N) is 3. The van der Waals surface area contributed by atoms with Crippen molar-refractivity contribution in [1.29, 1.82) is 0 Å². The molecule has 0 aliphatic heterocycles. The number of carbonyl (C=O) groups is 1. The van der Waals surface area contributed by atoms with Gasteiger partial charge in [0.15, 0.2) is 5.56 Å². The summed E-state index contributed by atoms with van der Waals surface area (Å²) in [6.45, 7) is 1.64. The van der Waals surface area contributed by atoms with E-state index < -0.39 is 5.91 Å². The van der Waals surface area contributed by atoms with E-state index in [2.05, 4.69) is 20.2 Å². The van der Waals surface area contributed by atoms with Crippen LogP contribution in [0.1, 0.15) is 16.8 Å². The molecule has 1 aromatic heterocycles. The van der Waals surface area contributed by atoms with E-state index in [9.17, 15) is 4.79 Å². The quantitative estimate of drug-likeness (QED) is 0.645. The molecule has 0 fully saturated rings. The molecule has 20 heavy (non-hydrogen) atoms. The molecule has 8 heteroatoms. The maximum atomic E-state index is 11.4. The van der Waals surface area contributed by atoms with Crippen molar-refractivity contribution in [2.24, 2.45) is 5.73 Å². The molecule has 112 valence electrons. The normalized spacial score (nSPS) is 10.4. The Hall–Kier alpha value is -2.09. The van der Waals surface area contributed by atoms with Gasteiger partial charge in [0.05, 0.1) is 14.2 Å². The molecule has 0 atom stereocenters. The van der Waals surface area contributed by atoms with E-state index in [1.807, 2.05) is 14.1 Å². The largest absolute Gasteiger partial charge is 0.480 e. The Morgan fingerprint density at radius 2 is 1.80 bits per heavy atom. The van der Waals surface area contributed by atoms with E-state index in [1.165, 1.54) is 14.2 Å². The fourth-order valence-corrected chi connectivity index (χ4v) is 1.60. The summed E-state index contributed by atoms with van der Waals surface area (Å²) in [5.74, 6) is -0.167. The van der Waals surface area contributed by atoms with Gasteiger partial charge in [0.2, 0.25) is 17.7 Å². The van der Waals surface area contributed by atoms with Crippen molar-refractivity contribution in [2.45, 2.75) is 6.42 Å². The molecular formula is C12H21N5O3. The third-order valence-corrected chi connectivity index (χ3v) is 2.54. The lowest BCUT2D eigenvalue weighted by molar-refractivity contribution is 0.0992. The molecule has 1 heterocycles. The van der Waals surface area contributed by atoms with Crippen LogP contribution in [0.15, 0.2) is 0 Å². The minimum atomic E-state index is -0.696. The van der Waals surface area contributed by atoms with Crippen LogP contribution in [0, 0.1) is 0 Å². The molecule has 1 aromatic rings. The van der Waals surface area contributed by atoms with Crippen LogP contribution in [0.3, 0.4) is 0 Å². The van der Waals surface area contributed by atoms with E-state index in [0.717, 1.165) is 13.0 Å². The topological polar surface area (TPSA) is 103 Å².